The van der Waals surface area contributed by atoms with Gasteiger partial charge in [-0.1, -0.05) is 23.4 Å². The number of rotatable bonds is 4. The van der Waals surface area contributed by atoms with Gasteiger partial charge >= 0.3 is 0 Å². The normalized spacial score (nSPS) is 20.2. The Morgan fingerprint density at radius 2 is 2.04 bits per heavy atom. The lowest BCUT2D eigenvalue weighted by molar-refractivity contribution is -0.134. The van der Waals surface area contributed by atoms with E-state index >= 15 is 0 Å². The maximum absolute atomic E-state index is 13.6. The molecule has 1 aliphatic carbocycles. The molecule has 1 atom stereocenters. The molecule has 7 heteroatoms. The van der Waals surface area contributed by atoms with Crippen LogP contribution in [0.2, 0.25) is 0 Å². The monoisotopic (exact) mass is 348 g/mol. The molecular weight excluding hydrogens is 326 g/mol. The van der Waals surface area contributed by atoms with Gasteiger partial charge < -0.3 is 5.32 Å². The molecule has 25 heavy (non-hydrogen) atoms. The van der Waals surface area contributed by atoms with Crippen LogP contribution in [0.5, 0.6) is 0 Å². The van der Waals surface area contributed by atoms with E-state index in [2.05, 4.69) is 15.6 Å². The van der Waals surface area contributed by atoms with Gasteiger partial charge in [-0.15, -0.1) is 5.10 Å². The largest absolute Gasteiger partial charge is 0.345 e. The Morgan fingerprint density at radius 3 is 2.72 bits per heavy atom. The third kappa shape index (κ3) is 4.03. The zero-order chi connectivity index (χ0) is 18.1. The number of amides is 1. The SMILES string of the molecule is CC(C)(NC(=O)C1CCCC(F)(F)C1)c1cn(-c2ccccc2)nn1. The molecular formula is C18H22F2N4O. The maximum atomic E-state index is 13.6. The molecule has 0 spiro atoms. The van der Waals surface area contributed by atoms with Crippen molar-refractivity contribution < 1.29 is 13.6 Å². The molecule has 5 nitrogen and oxygen atoms in total. The molecule has 1 heterocycles. The van der Waals surface area contributed by atoms with Crippen molar-refractivity contribution in [3.05, 3.63) is 42.2 Å². The van der Waals surface area contributed by atoms with Crippen molar-refractivity contribution >= 4 is 5.91 Å². The van der Waals surface area contributed by atoms with E-state index in [-0.39, 0.29) is 18.7 Å². The van der Waals surface area contributed by atoms with Gasteiger partial charge in [-0.25, -0.2) is 13.5 Å². The first-order valence-electron chi connectivity index (χ1n) is 8.45. The van der Waals surface area contributed by atoms with Crippen molar-refractivity contribution in [3.63, 3.8) is 0 Å². The fourth-order valence-electron chi connectivity index (χ4n) is 3.13. The van der Waals surface area contributed by atoms with Crippen LogP contribution < -0.4 is 5.32 Å². The summed E-state index contributed by atoms with van der Waals surface area (Å²) >= 11 is 0. The van der Waals surface area contributed by atoms with Crippen LogP contribution in [0.25, 0.3) is 5.69 Å². The summed E-state index contributed by atoms with van der Waals surface area (Å²) in [6, 6.07) is 9.49. The van der Waals surface area contributed by atoms with Gasteiger partial charge in [-0.3, -0.25) is 4.79 Å². The highest BCUT2D eigenvalue weighted by molar-refractivity contribution is 5.79. The van der Waals surface area contributed by atoms with Crippen molar-refractivity contribution in [2.75, 3.05) is 0 Å². The minimum atomic E-state index is -2.75. The van der Waals surface area contributed by atoms with Crippen molar-refractivity contribution in [1.82, 2.24) is 20.3 Å². The summed E-state index contributed by atoms with van der Waals surface area (Å²) in [4.78, 5) is 12.5. The van der Waals surface area contributed by atoms with Crippen molar-refractivity contribution in [2.24, 2.45) is 5.92 Å². The molecule has 0 saturated heterocycles. The minimum absolute atomic E-state index is 0.133. The average molecular weight is 348 g/mol. The van der Waals surface area contributed by atoms with Crippen LogP contribution in [0.1, 0.15) is 45.2 Å². The van der Waals surface area contributed by atoms with E-state index in [0.717, 1.165) is 5.69 Å². The van der Waals surface area contributed by atoms with E-state index in [4.69, 9.17) is 0 Å². The molecule has 0 bridgehead atoms. The summed E-state index contributed by atoms with van der Waals surface area (Å²) in [6.07, 6.45) is 2.09. The van der Waals surface area contributed by atoms with E-state index < -0.39 is 17.4 Å². The second-order valence-electron chi connectivity index (χ2n) is 7.15. The Morgan fingerprint density at radius 1 is 1.32 bits per heavy atom. The Hall–Kier alpha value is -2.31. The molecule has 1 N–H and O–H groups in total. The van der Waals surface area contributed by atoms with E-state index in [0.29, 0.717) is 18.5 Å². The number of carbonyl (C=O) groups excluding carboxylic acids is 1. The van der Waals surface area contributed by atoms with Crippen LogP contribution in [-0.2, 0) is 10.3 Å². The number of alkyl halides is 2. The lowest BCUT2D eigenvalue weighted by atomic mass is 9.85. The van der Waals surface area contributed by atoms with E-state index in [9.17, 15) is 13.6 Å². The van der Waals surface area contributed by atoms with Gasteiger partial charge in [-0.2, -0.15) is 0 Å². The number of aromatic nitrogens is 3. The zero-order valence-electron chi connectivity index (χ0n) is 14.4. The van der Waals surface area contributed by atoms with Crippen LogP contribution in [0, 0.1) is 5.92 Å². The second-order valence-corrected chi connectivity index (χ2v) is 7.15. The van der Waals surface area contributed by atoms with Crippen LogP contribution in [0.3, 0.4) is 0 Å². The standard InChI is InChI=1S/C18H22F2N4O/c1-17(2,21-16(25)13-7-6-10-18(19,20)11-13)15-12-24(23-22-15)14-8-4-3-5-9-14/h3-5,8-9,12-13H,6-7,10-11H2,1-2H3,(H,21,25). The highest BCUT2D eigenvalue weighted by Crippen LogP contribution is 2.37. The molecule has 1 unspecified atom stereocenters. The quantitative estimate of drug-likeness (QED) is 0.921. The van der Waals surface area contributed by atoms with Crippen LogP contribution >= 0.6 is 0 Å². The highest BCUT2D eigenvalue weighted by atomic mass is 19.3. The predicted molar refractivity (Wildman–Crippen MR) is 89.4 cm³/mol. The van der Waals surface area contributed by atoms with E-state index in [1.54, 1.807) is 24.7 Å². The van der Waals surface area contributed by atoms with Crippen molar-refractivity contribution in [2.45, 2.75) is 51.0 Å². The molecule has 3 rings (SSSR count). The number of benzene rings is 1. The fraction of sp³-hybridized carbons (Fsp3) is 0.500. The lowest BCUT2D eigenvalue weighted by Crippen LogP contribution is -2.46. The summed E-state index contributed by atoms with van der Waals surface area (Å²) in [5.74, 6) is -3.76. The fourth-order valence-corrected chi connectivity index (χ4v) is 3.13. The van der Waals surface area contributed by atoms with Gasteiger partial charge in [-0.05, 0) is 38.8 Å². The van der Waals surface area contributed by atoms with Crippen LogP contribution in [-0.4, -0.2) is 26.8 Å². The maximum Gasteiger partial charge on any atom is 0.248 e. The van der Waals surface area contributed by atoms with Crippen molar-refractivity contribution in [1.29, 1.82) is 0 Å². The van der Waals surface area contributed by atoms with E-state index in [1.165, 1.54) is 0 Å². The molecule has 0 radical (unpaired) electrons. The molecule has 1 fully saturated rings. The zero-order valence-corrected chi connectivity index (χ0v) is 14.4. The number of para-hydroxylation sites is 1. The number of halogens is 2. The Bertz CT molecular complexity index is 743. The third-order valence-electron chi connectivity index (χ3n) is 4.60. The van der Waals surface area contributed by atoms with E-state index in [1.807, 2.05) is 30.3 Å². The van der Waals surface area contributed by atoms with Crippen LogP contribution in [0.4, 0.5) is 8.78 Å². The molecule has 1 aromatic carbocycles. The summed E-state index contributed by atoms with van der Waals surface area (Å²) in [5, 5.41) is 11.1. The Balaban J connectivity index is 1.71. The second kappa shape index (κ2) is 6.54. The molecule has 1 aliphatic rings. The highest BCUT2D eigenvalue weighted by Gasteiger charge is 2.40. The summed E-state index contributed by atoms with van der Waals surface area (Å²) in [7, 11) is 0. The van der Waals surface area contributed by atoms with Gasteiger partial charge in [0.1, 0.15) is 5.69 Å². The number of nitrogens with zero attached hydrogens (tertiary/aromatic N) is 3. The molecule has 2 aromatic rings. The molecule has 0 aliphatic heterocycles. The first kappa shape index (κ1) is 17.5. The molecule has 1 aromatic heterocycles. The van der Waals surface area contributed by atoms with Gasteiger partial charge in [0.15, 0.2) is 0 Å². The third-order valence-corrected chi connectivity index (χ3v) is 4.60. The predicted octanol–water partition coefficient (Wildman–Crippen LogP) is 3.44. The number of nitrogens with one attached hydrogen (secondary N) is 1. The van der Waals surface area contributed by atoms with Crippen molar-refractivity contribution in [3.8, 4) is 5.69 Å². The van der Waals surface area contributed by atoms with Gasteiger partial charge in [0.2, 0.25) is 11.8 Å². The molecule has 1 amide bonds. The summed E-state index contributed by atoms with van der Waals surface area (Å²) < 4.78 is 28.7. The number of carbonyl (C=O) groups is 1. The average Bonchev–Trinajstić information content (AvgIpc) is 3.05. The number of hydrogen-bond donors (Lipinski definition) is 1. The molecule has 1 saturated carbocycles. The smallest absolute Gasteiger partial charge is 0.248 e. The first-order valence-corrected chi connectivity index (χ1v) is 8.45. The Kier molecular flexibility index (Phi) is 4.58. The van der Waals surface area contributed by atoms with Gasteiger partial charge in [0.05, 0.1) is 17.4 Å². The summed E-state index contributed by atoms with van der Waals surface area (Å²) in [6.45, 7) is 3.59. The van der Waals surface area contributed by atoms with Crippen LogP contribution in [0.15, 0.2) is 36.5 Å². The van der Waals surface area contributed by atoms with Gasteiger partial charge in [0, 0.05) is 18.8 Å². The number of hydrogen-bond acceptors (Lipinski definition) is 3. The topological polar surface area (TPSA) is 59.8 Å². The lowest BCUT2D eigenvalue weighted by Gasteiger charge is -2.31. The Labute approximate surface area is 145 Å². The first-order chi connectivity index (χ1) is 11.8. The van der Waals surface area contributed by atoms with Gasteiger partial charge in [0.25, 0.3) is 0 Å². The minimum Gasteiger partial charge on any atom is -0.345 e. The molecule has 134 valence electrons. The summed E-state index contributed by atoms with van der Waals surface area (Å²) in [5.41, 5.74) is 0.638.